The number of nitrogens with one attached hydrogen (secondary N) is 2. The molecule has 2 aromatic rings. The van der Waals surface area contributed by atoms with Gasteiger partial charge in [0.25, 0.3) is 11.8 Å². The van der Waals surface area contributed by atoms with Crippen LogP contribution in [0.2, 0.25) is 0 Å². The van der Waals surface area contributed by atoms with E-state index < -0.39 is 11.8 Å². The molecule has 2 amide bonds. The van der Waals surface area contributed by atoms with Crippen molar-refractivity contribution in [1.82, 2.24) is 10.9 Å². The molecule has 0 saturated carbocycles. The maximum absolute atomic E-state index is 12.0. The van der Waals surface area contributed by atoms with Crippen molar-refractivity contribution in [3.8, 4) is 11.5 Å². The van der Waals surface area contributed by atoms with Gasteiger partial charge >= 0.3 is 0 Å². The summed E-state index contributed by atoms with van der Waals surface area (Å²) < 4.78 is 12.2. The van der Waals surface area contributed by atoms with Gasteiger partial charge in [0.1, 0.15) is 11.5 Å². The summed E-state index contributed by atoms with van der Waals surface area (Å²) in [5.74, 6) is 0.917. The van der Waals surface area contributed by atoms with E-state index in [-0.39, 0.29) is 25.0 Å². The van der Waals surface area contributed by atoms with E-state index in [0.717, 1.165) is 21.2 Å². The Morgan fingerprint density at radius 3 is 1.97 bits per heavy atom. The number of amides is 2. The molecule has 0 saturated heterocycles. The first-order chi connectivity index (χ1) is 14.2. The molecule has 162 valence electrons. The molecule has 7 heteroatoms. The lowest BCUT2D eigenvalue weighted by Crippen LogP contribution is -2.45. The molecule has 0 aromatic heterocycles. The average Bonchev–Trinajstić information content (AvgIpc) is 2.69. The minimum atomic E-state index is -0.459. The Morgan fingerprint density at radius 2 is 1.40 bits per heavy atom. The summed E-state index contributed by atoms with van der Waals surface area (Å²) in [6.45, 7) is 9.78. The van der Waals surface area contributed by atoms with Crippen molar-refractivity contribution in [2.45, 2.75) is 46.5 Å². The monoisotopic (exact) mass is 476 g/mol. The van der Waals surface area contributed by atoms with E-state index in [4.69, 9.17) is 9.47 Å². The molecule has 0 aliphatic carbocycles. The van der Waals surface area contributed by atoms with E-state index in [2.05, 4.69) is 40.6 Å². The fourth-order valence-corrected chi connectivity index (χ4v) is 3.22. The largest absolute Gasteiger partial charge is 0.483 e. The van der Waals surface area contributed by atoms with Crippen LogP contribution in [-0.2, 0) is 9.59 Å². The molecule has 0 aliphatic rings. The van der Waals surface area contributed by atoms with Crippen molar-refractivity contribution in [1.29, 1.82) is 0 Å². The second-order valence-electron chi connectivity index (χ2n) is 7.71. The highest BCUT2D eigenvalue weighted by Gasteiger charge is 2.13. The normalized spacial score (nSPS) is 10.8. The number of hydrogen-bond donors (Lipinski definition) is 2. The Morgan fingerprint density at radius 1 is 0.833 bits per heavy atom. The Labute approximate surface area is 186 Å². The number of rotatable bonds is 8. The first kappa shape index (κ1) is 23.7. The molecule has 0 fully saturated rings. The zero-order chi connectivity index (χ0) is 22.3. The number of ether oxygens (including phenoxy) is 2. The van der Waals surface area contributed by atoms with Crippen molar-refractivity contribution >= 4 is 27.7 Å². The first-order valence-corrected chi connectivity index (χ1v) is 10.7. The number of hydrazine groups is 1. The summed E-state index contributed by atoms with van der Waals surface area (Å²) in [7, 11) is 0. The van der Waals surface area contributed by atoms with E-state index in [1.54, 1.807) is 0 Å². The smallest absolute Gasteiger partial charge is 0.276 e. The fraction of sp³-hybridized carbons (Fsp3) is 0.391. The number of hydrogen-bond acceptors (Lipinski definition) is 4. The SMILES string of the molecule is Cc1ccc(C(C)C)c(OCC(=O)NNC(=O)COc2ccc(Br)cc2C(C)C)c1. The third-order valence-corrected chi connectivity index (χ3v) is 4.94. The second kappa shape index (κ2) is 11.0. The Kier molecular flexibility index (Phi) is 8.72. The molecule has 6 nitrogen and oxygen atoms in total. The number of carbonyl (C=O) groups is 2. The number of benzene rings is 2. The van der Waals surface area contributed by atoms with Crippen molar-refractivity contribution in [2.75, 3.05) is 13.2 Å². The highest BCUT2D eigenvalue weighted by atomic mass is 79.9. The molecule has 0 bridgehead atoms. The topological polar surface area (TPSA) is 76.7 Å². The van der Waals surface area contributed by atoms with Crippen LogP contribution >= 0.6 is 15.9 Å². The maximum atomic E-state index is 12.0. The van der Waals surface area contributed by atoms with Gasteiger partial charge in [-0.25, -0.2) is 0 Å². The van der Waals surface area contributed by atoms with Gasteiger partial charge in [-0.2, -0.15) is 0 Å². The van der Waals surface area contributed by atoms with E-state index >= 15 is 0 Å². The standard InChI is InChI=1S/C23H29BrN2O4/c1-14(2)18-8-6-16(5)10-21(18)30-13-23(28)26-25-22(27)12-29-20-9-7-17(24)11-19(20)15(3)4/h6-11,14-15H,12-13H2,1-5H3,(H,25,27)(H,26,28). The summed E-state index contributed by atoms with van der Waals surface area (Å²) in [4.78, 5) is 24.1. The summed E-state index contributed by atoms with van der Waals surface area (Å²) in [6, 6.07) is 11.5. The van der Waals surface area contributed by atoms with E-state index in [1.165, 1.54) is 0 Å². The molecule has 0 heterocycles. The molecule has 0 spiro atoms. The average molecular weight is 477 g/mol. The van der Waals surface area contributed by atoms with Crippen LogP contribution in [0, 0.1) is 6.92 Å². The summed E-state index contributed by atoms with van der Waals surface area (Å²) in [6.07, 6.45) is 0. The van der Waals surface area contributed by atoms with Crippen LogP contribution in [0.3, 0.4) is 0 Å². The highest BCUT2D eigenvalue weighted by molar-refractivity contribution is 9.10. The van der Waals surface area contributed by atoms with Crippen LogP contribution in [0.15, 0.2) is 40.9 Å². The third kappa shape index (κ3) is 7.06. The van der Waals surface area contributed by atoms with Crippen molar-refractivity contribution in [3.63, 3.8) is 0 Å². The molecule has 0 atom stereocenters. The lowest BCUT2D eigenvalue weighted by atomic mass is 10.0. The van der Waals surface area contributed by atoms with Gasteiger partial charge < -0.3 is 9.47 Å². The molecule has 0 unspecified atom stereocenters. The van der Waals surface area contributed by atoms with Crippen molar-refractivity contribution in [2.24, 2.45) is 0 Å². The van der Waals surface area contributed by atoms with E-state index in [9.17, 15) is 9.59 Å². The van der Waals surface area contributed by atoms with Gasteiger partial charge in [0.15, 0.2) is 13.2 Å². The van der Waals surface area contributed by atoms with Crippen LogP contribution in [0.25, 0.3) is 0 Å². The van der Waals surface area contributed by atoms with Crippen LogP contribution in [-0.4, -0.2) is 25.0 Å². The summed E-state index contributed by atoms with van der Waals surface area (Å²) in [5, 5.41) is 0. The van der Waals surface area contributed by atoms with Gasteiger partial charge in [-0.1, -0.05) is 55.8 Å². The van der Waals surface area contributed by atoms with Gasteiger partial charge in [0.05, 0.1) is 0 Å². The van der Waals surface area contributed by atoms with Gasteiger partial charge in [0, 0.05) is 4.47 Å². The Balaban J connectivity index is 1.82. The number of aryl methyl sites for hydroxylation is 1. The van der Waals surface area contributed by atoms with Gasteiger partial charge in [-0.3, -0.25) is 20.4 Å². The van der Waals surface area contributed by atoms with E-state index in [1.807, 2.05) is 57.2 Å². The maximum Gasteiger partial charge on any atom is 0.276 e. The lowest BCUT2D eigenvalue weighted by Gasteiger charge is -2.16. The van der Waals surface area contributed by atoms with Gasteiger partial charge in [0.2, 0.25) is 0 Å². The lowest BCUT2D eigenvalue weighted by molar-refractivity contribution is -0.131. The zero-order valence-corrected chi connectivity index (χ0v) is 19.6. The molecule has 0 radical (unpaired) electrons. The Bertz CT molecular complexity index is 897. The molecule has 30 heavy (non-hydrogen) atoms. The summed E-state index contributed by atoms with van der Waals surface area (Å²) >= 11 is 3.44. The number of halogens is 1. The van der Waals surface area contributed by atoms with Crippen LogP contribution in [0.5, 0.6) is 11.5 Å². The predicted octanol–water partition coefficient (Wildman–Crippen LogP) is 4.61. The van der Waals surface area contributed by atoms with Crippen LogP contribution in [0.1, 0.15) is 56.2 Å². The quantitative estimate of drug-likeness (QED) is 0.545. The molecule has 0 aliphatic heterocycles. The number of carbonyl (C=O) groups excluding carboxylic acids is 2. The first-order valence-electron chi connectivity index (χ1n) is 9.90. The van der Waals surface area contributed by atoms with Gasteiger partial charge in [-0.15, -0.1) is 0 Å². The van der Waals surface area contributed by atoms with Crippen molar-refractivity contribution in [3.05, 3.63) is 57.6 Å². The molecule has 2 rings (SSSR count). The van der Waals surface area contributed by atoms with Gasteiger partial charge in [-0.05, 0) is 59.7 Å². The second-order valence-corrected chi connectivity index (χ2v) is 8.62. The predicted molar refractivity (Wildman–Crippen MR) is 121 cm³/mol. The van der Waals surface area contributed by atoms with Crippen molar-refractivity contribution < 1.29 is 19.1 Å². The fourth-order valence-electron chi connectivity index (χ4n) is 2.84. The van der Waals surface area contributed by atoms with Crippen LogP contribution in [0.4, 0.5) is 0 Å². The van der Waals surface area contributed by atoms with E-state index in [0.29, 0.717) is 11.5 Å². The zero-order valence-electron chi connectivity index (χ0n) is 18.0. The minimum Gasteiger partial charge on any atom is -0.483 e. The summed E-state index contributed by atoms with van der Waals surface area (Å²) in [5.41, 5.74) is 7.77. The Hall–Kier alpha value is -2.54. The molecule has 2 aromatic carbocycles. The molecule has 2 N–H and O–H groups in total. The molecular weight excluding hydrogens is 448 g/mol. The third-order valence-electron chi connectivity index (χ3n) is 4.44. The highest BCUT2D eigenvalue weighted by Crippen LogP contribution is 2.29. The minimum absolute atomic E-state index is 0.200. The van der Waals surface area contributed by atoms with Crippen LogP contribution < -0.4 is 20.3 Å². The molecular formula is C23H29BrN2O4.